The van der Waals surface area contributed by atoms with Crippen molar-refractivity contribution in [1.82, 2.24) is 8.61 Å². The topological polar surface area (TPSA) is 66.6 Å². The van der Waals surface area contributed by atoms with Crippen molar-refractivity contribution in [3.63, 3.8) is 0 Å². The Morgan fingerprint density at radius 2 is 1.76 bits per heavy atom. The Morgan fingerprint density at radius 1 is 1.29 bits per heavy atom. The summed E-state index contributed by atoms with van der Waals surface area (Å²) in [5.41, 5.74) is 5.86. The van der Waals surface area contributed by atoms with Crippen LogP contribution in [0.1, 0.15) is 33.6 Å². The summed E-state index contributed by atoms with van der Waals surface area (Å²) in [5.74, 6) is 0.457. The molecule has 0 amide bonds. The summed E-state index contributed by atoms with van der Waals surface area (Å²) in [6.45, 7) is 8.01. The zero-order valence-electron chi connectivity index (χ0n) is 11.1. The van der Waals surface area contributed by atoms with Gasteiger partial charge in [-0.2, -0.15) is 17.0 Å². The molecule has 0 saturated carbocycles. The summed E-state index contributed by atoms with van der Waals surface area (Å²) in [6.07, 6.45) is 1.75. The average Bonchev–Trinajstić information content (AvgIpc) is 2.30. The van der Waals surface area contributed by atoms with Gasteiger partial charge in [0.2, 0.25) is 0 Å². The molecule has 5 nitrogen and oxygen atoms in total. The van der Waals surface area contributed by atoms with Crippen LogP contribution in [-0.2, 0) is 10.2 Å². The van der Waals surface area contributed by atoms with E-state index in [-0.39, 0.29) is 6.04 Å². The number of nitrogens with zero attached hydrogens (tertiary/aromatic N) is 2. The summed E-state index contributed by atoms with van der Waals surface area (Å²) < 4.78 is 27.6. The minimum Gasteiger partial charge on any atom is -0.328 e. The summed E-state index contributed by atoms with van der Waals surface area (Å²) in [5, 5.41) is 0. The molecular formula is C11H25N3O2S. The van der Waals surface area contributed by atoms with E-state index in [1.54, 1.807) is 4.31 Å². The van der Waals surface area contributed by atoms with Crippen molar-refractivity contribution in [2.75, 3.05) is 26.2 Å². The third-order valence-electron chi connectivity index (χ3n) is 3.60. The second-order valence-electron chi connectivity index (χ2n) is 4.69. The number of rotatable bonds is 5. The van der Waals surface area contributed by atoms with Crippen LogP contribution in [0.3, 0.4) is 0 Å². The van der Waals surface area contributed by atoms with Gasteiger partial charge in [0.25, 0.3) is 10.2 Å². The van der Waals surface area contributed by atoms with Crippen molar-refractivity contribution >= 4 is 10.2 Å². The molecule has 1 saturated heterocycles. The van der Waals surface area contributed by atoms with Crippen LogP contribution in [0.15, 0.2) is 0 Å². The fourth-order valence-corrected chi connectivity index (χ4v) is 4.00. The quantitative estimate of drug-likeness (QED) is 0.791. The summed E-state index contributed by atoms with van der Waals surface area (Å²) in [4.78, 5) is 0. The fraction of sp³-hybridized carbons (Fsp3) is 1.00. The molecule has 0 aromatic rings. The number of hydrogen-bond donors (Lipinski definition) is 1. The van der Waals surface area contributed by atoms with Crippen LogP contribution in [-0.4, -0.2) is 49.2 Å². The average molecular weight is 263 g/mol. The Balaban J connectivity index is 2.64. The molecule has 1 heterocycles. The lowest BCUT2D eigenvalue weighted by atomic mass is 9.92. The first-order valence-electron chi connectivity index (χ1n) is 6.44. The predicted octanol–water partition coefficient (Wildman–Crippen LogP) is 0.632. The third kappa shape index (κ3) is 3.40. The van der Waals surface area contributed by atoms with Gasteiger partial charge >= 0.3 is 0 Å². The van der Waals surface area contributed by atoms with E-state index in [1.165, 1.54) is 4.31 Å². The number of hydrogen-bond acceptors (Lipinski definition) is 3. The van der Waals surface area contributed by atoms with E-state index in [4.69, 9.17) is 5.73 Å². The van der Waals surface area contributed by atoms with Crippen LogP contribution in [0.2, 0.25) is 0 Å². The standard InChI is InChI=1S/C11H25N3O2S/c1-4-13(5-2)17(15,16)14-8-6-11(7-9-14)10(3)12/h10-11H,4-9,12H2,1-3H3. The van der Waals surface area contributed by atoms with Crippen molar-refractivity contribution in [3.8, 4) is 0 Å². The maximum Gasteiger partial charge on any atom is 0.281 e. The van der Waals surface area contributed by atoms with Crippen LogP contribution >= 0.6 is 0 Å². The third-order valence-corrected chi connectivity index (χ3v) is 5.79. The van der Waals surface area contributed by atoms with Crippen LogP contribution in [0.5, 0.6) is 0 Å². The minimum absolute atomic E-state index is 0.160. The Labute approximate surface area is 105 Å². The summed E-state index contributed by atoms with van der Waals surface area (Å²) in [6, 6.07) is 0.160. The van der Waals surface area contributed by atoms with Crippen LogP contribution in [0.25, 0.3) is 0 Å². The Hall–Kier alpha value is -0.170. The predicted molar refractivity (Wildman–Crippen MR) is 69.8 cm³/mol. The second kappa shape index (κ2) is 6.13. The molecule has 1 unspecified atom stereocenters. The highest BCUT2D eigenvalue weighted by Crippen LogP contribution is 2.22. The first-order valence-corrected chi connectivity index (χ1v) is 7.84. The van der Waals surface area contributed by atoms with Gasteiger partial charge < -0.3 is 5.73 Å². The van der Waals surface area contributed by atoms with Gasteiger partial charge in [0.05, 0.1) is 0 Å². The van der Waals surface area contributed by atoms with E-state index in [9.17, 15) is 8.42 Å². The van der Waals surface area contributed by atoms with Gasteiger partial charge in [-0.05, 0) is 25.7 Å². The SMILES string of the molecule is CCN(CC)S(=O)(=O)N1CCC(C(C)N)CC1. The van der Waals surface area contributed by atoms with Gasteiger partial charge in [-0.3, -0.25) is 0 Å². The molecule has 1 atom stereocenters. The molecule has 1 aliphatic rings. The van der Waals surface area contributed by atoms with Gasteiger partial charge in [0.1, 0.15) is 0 Å². The molecule has 0 bridgehead atoms. The highest BCUT2D eigenvalue weighted by Gasteiger charge is 2.32. The number of nitrogens with two attached hydrogens (primary N) is 1. The Morgan fingerprint density at radius 3 is 2.12 bits per heavy atom. The first kappa shape index (κ1) is 14.9. The highest BCUT2D eigenvalue weighted by atomic mass is 32.2. The zero-order valence-corrected chi connectivity index (χ0v) is 11.9. The normalized spacial score (nSPS) is 21.9. The molecule has 1 aliphatic heterocycles. The summed E-state index contributed by atoms with van der Waals surface area (Å²) >= 11 is 0. The molecule has 2 N–H and O–H groups in total. The second-order valence-corrected chi connectivity index (χ2v) is 6.62. The molecule has 1 rings (SSSR count). The van der Waals surface area contributed by atoms with Crippen molar-refractivity contribution in [3.05, 3.63) is 0 Å². The summed E-state index contributed by atoms with van der Waals surface area (Å²) in [7, 11) is -3.25. The van der Waals surface area contributed by atoms with Crippen molar-refractivity contribution in [1.29, 1.82) is 0 Å². The van der Waals surface area contributed by atoms with Gasteiger partial charge in [-0.1, -0.05) is 13.8 Å². The molecule has 0 aliphatic carbocycles. The smallest absolute Gasteiger partial charge is 0.281 e. The lowest BCUT2D eigenvalue weighted by Crippen LogP contribution is -2.48. The monoisotopic (exact) mass is 263 g/mol. The van der Waals surface area contributed by atoms with E-state index >= 15 is 0 Å². The van der Waals surface area contributed by atoms with Gasteiger partial charge in [0, 0.05) is 32.2 Å². The van der Waals surface area contributed by atoms with E-state index in [1.807, 2.05) is 20.8 Å². The van der Waals surface area contributed by atoms with E-state index < -0.39 is 10.2 Å². The van der Waals surface area contributed by atoms with E-state index in [2.05, 4.69) is 0 Å². The molecule has 1 fully saturated rings. The zero-order chi connectivity index (χ0) is 13.1. The lowest BCUT2D eigenvalue weighted by Gasteiger charge is -2.35. The van der Waals surface area contributed by atoms with Crippen LogP contribution in [0.4, 0.5) is 0 Å². The number of piperidine rings is 1. The molecule has 17 heavy (non-hydrogen) atoms. The first-order chi connectivity index (χ1) is 7.93. The van der Waals surface area contributed by atoms with Gasteiger partial charge in [-0.25, -0.2) is 0 Å². The van der Waals surface area contributed by atoms with E-state index in [0.717, 1.165) is 12.8 Å². The maximum absolute atomic E-state index is 12.2. The largest absolute Gasteiger partial charge is 0.328 e. The fourth-order valence-electron chi connectivity index (χ4n) is 2.35. The molecule has 0 aromatic heterocycles. The van der Waals surface area contributed by atoms with E-state index in [0.29, 0.717) is 32.1 Å². The van der Waals surface area contributed by atoms with Crippen LogP contribution in [0, 0.1) is 5.92 Å². The van der Waals surface area contributed by atoms with Crippen molar-refractivity contribution in [2.24, 2.45) is 11.7 Å². The van der Waals surface area contributed by atoms with Gasteiger partial charge in [0.15, 0.2) is 0 Å². The van der Waals surface area contributed by atoms with Crippen molar-refractivity contribution in [2.45, 2.75) is 39.7 Å². The molecule has 0 spiro atoms. The molecule has 102 valence electrons. The highest BCUT2D eigenvalue weighted by molar-refractivity contribution is 7.86. The van der Waals surface area contributed by atoms with Crippen molar-refractivity contribution < 1.29 is 8.42 Å². The maximum atomic E-state index is 12.2. The molecular weight excluding hydrogens is 238 g/mol. The lowest BCUT2D eigenvalue weighted by molar-refractivity contribution is 0.237. The van der Waals surface area contributed by atoms with Gasteiger partial charge in [-0.15, -0.1) is 0 Å². The Kier molecular flexibility index (Phi) is 5.37. The van der Waals surface area contributed by atoms with Crippen LogP contribution < -0.4 is 5.73 Å². The molecule has 6 heteroatoms. The Bertz CT molecular complexity index is 318. The molecule has 0 aromatic carbocycles. The minimum atomic E-state index is -3.25. The molecule has 0 radical (unpaired) electrons.